The molecule has 0 aliphatic rings. The molecular formula is C19H17Cl2N3O2. The summed E-state index contributed by atoms with van der Waals surface area (Å²) in [4.78, 5) is 12.1. The smallest absolute Gasteiger partial charge is 0.224 e. The van der Waals surface area contributed by atoms with Crippen molar-refractivity contribution in [3.63, 3.8) is 0 Å². The third-order valence-corrected chi connectivity index (χ3v) is 4.54. The van der Waals surface area contributed by atoms with Gasteiger partial charge in [0, 0.05) is 6.20 Å². The summed E-state index contributed by atoms with van der Waals surface area (Å²) in [5, 5.41) is 8.23. The monoisotopic (exact) mass is 389 g/mol. The van der Waals surface area contributed by atoms with E-state index in [1.54, 1.807) is 30.0 Å². The van der Waals surface area contributed by atoms with Crippen LogP contribution in [0.4, 0.5) is 0 Å². The van der Waals surface area contributed by atoms with Gasteiger partial charge in [0.25, 0.3) is 0 Å². The molecule has 0 aliphatic carbocycles. The number of benzene rings is 2. The molecule has 0 aliphatic heterocycles. The summed E-state index contributed by atoms with van der Waals surface area (Å²) in [6, 6.07) is 14.6. The van der Waals surface area contributed by atoms with Gasteiger partial charge in [0.05, 0.1) is 41.5 Å². The van der Waals surface area contributed by atoms with E-state index in [0.717, 1.165) is 22.7 Å². The minimum Gasteiger partial charge on any atom is -0.497 e. The number of nitrogens with zero attached hydrogens (tertiary/aromatic N) is 2. The topological polar surface area (TPSA) is 56.1 Å². The minimum atomic E-state index is -0.109. The molecule has 0 bridgehead atoms. The second kappa shape index (κ2) is 8.25. The summed E-state index contributed by atoms with van der Waals surface area (Å²) >= 11 is 11.8. The number of aromatic nitrogens is 2. The maximum absolute atomic E-state index is 12.1. The maximum atomic E-state index is 12.1. The van der Waals surface area contributed by atoms with Crippen molar-refractivity contribution in [1.29, 1.82) is 0 Å². The number of ether oxygens (including phenoxy) is 1. The van der Waals surface area contributed by atoms with Crippen LogP contribution in [0.3, 0.4) is 0 Å². The van der Waals surface area contributed by atoms with Gasteiger partial charge in [0.15, 0.2) is 0 Å². The first-order valence-corrected chi connectivity index (χ1v) is 8.70. The Hall–Kier alpha value is -2.50. The van der Waals surface area contributed by atoms with Crippen LogP contribution in [0.2, 0.25) is 10.0 Å². The average Bonchev–Trinajstić information content (AvgIpc) is 3.12. The van der Waals surface area contributed by atoms with Gasteiger partial charge in [-0.3, -0.25) is 4.79 Å². The number of halogens is 2. The van der Waals surface area contributed by atoms with Crippen LogP contribution in [0.5, 0.6) is 5.75 Å². The van der Waals surface area contributed by atoms with Crippen molar-refractivity contribution in [3.05, 3.63) is 76.0 Å². The van der Waals surface area contributed by atoms with Crippen LogP contribution < -0.4 is 10.1 Å². The molecule has 5 nitrogen and oxygen atoms in total. The third-order valence-electron chi connectivity index (χ3n) is 3.80. The standard InChI is InChI=1S/C19H17Cl2N3O2/c1-26-16-5-3-15(4-6-16)24-9-8-14(23-24)12-22-19(25)11-13-2-7-17(20)18(21)10-13/h2-10H,11-12H2,1H3,(H,22,25). The molecule has 3 rings (SSSR count). The number of nitrogens with one attached hydrogen (secondary N) is 1. The molecule has 26 heavy (non-hydrogen) atoms. The Morgan fingerprint density at radius 2 is 1.88 bits per heavy atom. The van der Waals surface area contributed by atoms with Crippen molar-refractivity contribution in [2.45, 2.75) is 13.0 Å². The summed E-state index contributed by atoms with van der Waals surface area (Å²) in [5.41, 5.74) is 2.49. The largest absolute Gasteiger partial charge is 0.497 e. The molecule has 134 valence electrons. The van der Waals surface area contributed by atoms with Gasteiger partial charge < -0.3 is 10.1 Å². The highest BCUT2D eigenvalue weighted by Crippen LogP contribution is 2.22. The van der Waals surface area contributed by atoms with Crippen molar-refractivity contribution in [2.24, 2.45) is 0 Å². The second-order valence-electron chi connectivity index (χ2n) is 5.65. The Morgan fingerprint density at radius 3 is 2.58 bits per heavy atom. The number of methoxy groups -OCH3 is 1. The Bertz CT molecular complexity index is 907. The van der Waals surface area contributed by atoms with Gasteiger partial charge >= 0.3 is 0 Å². The molecule has 3 aromatic rings. The van der Waals surface area contributed by atoms with Crippen LogP contribution in [-0.4, -0.2) is 22.8 Å². The van der Waals surface area contributed by atoms with Gasteiger partial charge in [-0.15, -0.1) is 0 Å². The molecule has 0 unspecified atom stereocenters. The van der Waals surface area contributed by atoms with E-state index in [1.807, 2.05) is 36.5 Å². The highest BCUT2D eigenvalue weighted by molar-refractivity contribution is 6.42. The Balaban J connectivity index is 1.56. The maximum Gasteiger partial charge on any atom is 0.224 e. The molecule has 1 amide bonds. The van der Waals surface area contributed by atoms with Crippen molar-refractivity contribution in [1.82, 2.24) is 15.1 Å². The predicted octanol–water partition coefficient (Wildman–Crippen LogP) is 4.05. The first-order chi connectivity index (χ1) is 12.5. The number of carbonyl (C=O) groups excluding carboxylic acids is 1. The molecule has 1 aromatic heterocycles. The van der Waals surface area contributed by atoms with Crippen molar-refractivity contribution >= 4 is 29.1 Å². The zero-order chi connectivity index (χ0) is 18.5. The molecule has 1 heterocycles. The van der Waals surface area contributed by atoms with E-state index in [-0.39, 0.29) is 12.3 Å². The third kappa shape index (κ3) is 4.56. The summed E-state index contributed by atoms with van der Waals surface area (Å²) in [6.45, 7) is 0.351. The first kappa shape index (κ1) is 18.3. The lowest BCUT2D eigenvalue weighted by Gasteiger charge is -2.05. The number of rotatable bonds is 6. The lowest BCUT2D eigenvalue weighted by atomic mass is 10.1. The van der Waals surface area contributed by atoms with Crippen molar-refractivity contribution in [2.75, 3.05) is 7.11 Å². The van der Waals surface area contributed by atoms with E-state index < -0.39 is 0 Å². The van der Waals surface area contributed by atoms with Crippen LogP contribution >= 0.6 is 23.2 Å². The zero-order valence-corrected chi connectivity index (χ0v) is 15.6. The lowest BCUT2D eigenvalue weighted by molar-refractivity contribution is -0.120. The summed E-state index contributed by atoms with van der Waals surface area (Å²) in [6.07, 6.45) is 2.08. The van der Waals surface area contributed by atoms with Crippen LogP contribution in [0, 0.1) is 0 Å². The SMILES string of the molecule is COc1ccc(-n2ccc(CNC(=O)Cc3ccc(Cl)c(Cl)c3)n2)cc1. The number of hydrogen-bond donors (Lipinski definition) is 1. The fourth-order valence-electron chi connectivity index (χ4n) is 2.42. The van der Waals surface area contributed by atoms with E-state index in [1.165, 1.54) is 0 Å². The van der Waals surface area contributed by atoms with Gasteiger partial charge in [-0.05, 0) is 48.0 Å². The van der Waals surface area contributed by atoms with E-state index in [2.05, 4.69) is 10.4 Å². The summed E-state index contributed by atoms with van der Waals surface area (Å²) in [5.74, 6) is 0.679. The molecule has 0 saturated heterocycles. The Labute approximate surface area is 161 Å². The number of carbonyl (C=O) groups is 1. The van der Waals surface area contributed by atoms with E-state index in [4.69, 9.17) is 27.9 Å². The molecule has 0 atom stereocenters. The predicted molar refractivity (Wildman–Crippen MR) is 102 cm³/mol. The van der Waals surface area contributed by atoms with Gasteiger partial charge in [0.2, 0.25) is 5.91 Å². The van der Waals surface area contributed by atoms with Crippen LogP contribution in [0.1, 0.15) is 11.3 Å². The molecule has 7 heteroatoms. The summed E-state index contributed by atoms with van der Waals surface area (Å²) in [7, 11) is 1.63. The van der Waals surface area contributed by atoms with E-state index in [0.29, 0.717) is 16.6 Å². The number of amides is 1. The molecule has 0 spiro atoms. The zero-order valence-electron chi connectivity index (χ0n) is 14.1. The quantitative estimate of drug-likeness (QED) is 0.691. The highest BCUT2D eigenvalue weighted by Gasteiger charge is 2.07. The number of hydrogen-bond acceptors (Lipinski definition) is 3. The van der Waals surface area contributed by atoms with Gasteiger partial charge in [0.1, 0.15) is 5.75 Å². The highest BCUT2D eigenvalue weighted by atomic mass is 35.5. The molecule has 2 aromatic carbocycles. The molecule has 1 N–H and O–H groups in total. The molecular weight excluding hydrogens is 373 g/mol. The Kier molecular flexibility index (Phi) is 5.81. The van der Waals surface area contributed by atoms with Crippen molar-refractivity contribution < 1.29 is 9.53 Å². The van der Waals surface area contributed by atoms with Gasteiger partial charge in [-0.1, -0.05) is 29.3 Å². The van der Waals surface area contributed by atoms with Crippen LogP contribution in [-0.2, 0) is 17.8 Å². The van der Waals surface area contributed by atoms with E-state index in [9.17, 15) is 4.79 Å². The fourth-order valence-corrected chi connectivity index (χ4v) is 2.74. The Morgan fingerprint density at radius 1 is 1.12 bits per heavy atom. The first-order valence-electron chi connectivity index (χ1n) is 7.95. The van der Waals surface area contributed by atoms with Gasteiger partial charge in [-0.25, -0.2) is 4.68 Å². The van der Waals surface area contributed by atoms with Gasteiger partial charge in [-0.2, -0.15) is 5.10 Å². The van der Waals surface area contributed by atoms with Crippen LogP contribution in [0.15, 0.2) is 54.7 Å². The van der Waals surface area contributed by atoms with E-state index >= 15 is 0 Å². The summed E-state index contributed by atoms with van der Waals surface area (Å²) < 4.78 is 6.90. The molecule has 0 saturated carbocycles. The van der Waals surface area contributed by atoms with Crippen LogP contribution in [0.25, 0.3) is 5.69 Å². The normalized spacial score (nSPS) is 10.6. The molecule has 0 radical (unpaired) electrons. The average molecular weight is 390 g/mol. The van der Waals surface area contributed by atoms with Crippen molar-refractivity contribution in [3.8, 4) is 11.4 Å². The lowest BCUT2D eigenvalue weighted by Crippen LogP contribution is -2.24. The fraction of sp³-hybridized carbons (Fsp3) is 0.158. The molecule has 0 fully saturated rings. The minimum absolute atomic E-state index is 0.109. The second-order valence-corrected chi connectivity index (χ2v) is 6.47.